The van der Waals surface area contributed by atoms with Gasteiger partial charge in [0.05, 0.1) is 5.69 Å². The predicted octanol–water partition coefficient (Wildman–Crippen LogP) is 2.78. The normalized spacial score (nSPS) is 12.7. The molecule has 3 nitrogen and oxygen atoms in total. The number of amides is 1. The number of aryl methyl sites for hydroxylation is 2. The summed E-state index contributed by atoms with van der Waals surface area (Å²) in [6.07, 6.45) is 4.21. The van der Waals surface area contributed by atoms with E-state index < -0.39 is 5.91 Å². The van der Waals surface area contributed by atoms with Crippen molar-refractivity contribution in [1.29, 1.82) is 0 Å². The molecule has 16 heavy (non-hydrogen) atoms. The predicted molar refractivity (Wildman–Crippen MR) is 67.8 cm³/mol. The van der Waals surface area contributed by atoms with Crippen LogP contribution in [0.25, 0.3) is 0 Å². The lowest BCUT2D eigenvalue weighted by molar-refractivity contribution is 0.1000. The summed E-state index contributed by atoms with van der Waals surface area (Å²) >= 11 is 1.44. The maximum absolute atomic E-state index is 11.0. The molecule has 1 aromatic rings. The average molecular weight is 240 g/mol. The third-order valence-corrected chi connectivity index (χ3v) is 4.14. The van der Waals surface area contributed by atoms with E-state index in [4.69, 9.17) is 5.73 Å². The monoisotopic (exact) mass is 240 g/mol. The summed E-state index contributed by atoms with van der Waals surface area (Å²) in [5, 5.41) is 0.455. The van der Waals surface area contributed by atoms with Gasteiger partial charge in [-0.1, -0.05) is 27.2 Å². The molecule has 1 atom stereocenters. The van der Waals surface area contributed by atoms with Crippen LogP contribution in [-0.2, 0) is 12.8 Å². The van der Waals surface area contributed by atoms with Crippen molar-refractivity contribution < 1.29 is 4.79 Å². The van der Waals surface area contributed by atoms with E-state index in [0.29, 0.717) is 10.9 Å². The van der Waals surface area contributed by atoms with Crippen LogP contribution >= 0.6 is 11.3 Å². The summed E-state index contributed by atoms with van der Waals surface area (Å²) in [5.41, 5.74) is 6.31. The van der Waals surface area contributed by atoms with Crippen molar-refractivity contribution in [3.05, 3.63) is 15.6 Å². The van der Waals surface area contributed by atoms with E-state index in [-0.39, 0.29) is 0 Å². The zero-order valence-electron chi connectivity index (χ0n) is 10.2. The third-order valence-electron chi connectivity index (χ3n) is 2.88. The Hall–Kier alpha value is -0.900. The molecule has 0 aliphatic rings. The lowest BCUT2D eigenvalue weighted by Gasteiger charge is -2.06. The molecule has 1 rings (SSSR count). The van der Waals surface area contributed by atoms with Crippen LogP contribution in [0.1, 0.15) is 54.0 Å². The maximum atomic E-state index is 11.0. The average Bonchev–Trinajstić information content (AvgIpc) is 2.69. The van der Waals surface area contributed by atoms with Crippen LogP contribution < -0.4 is 5.73 Å². The number of thiazole rings is 1. The molecule has 0 fully saturated rings. The van der Waals surface area contributed by atoms with Gasteiger partial charge in [-0.3, -0.25) is 4.79 Å². The molecule has 1 heterocycles. The van der Waals surface area contributed by atoms with Crippen LogP contribution in [-0.4, -0.2) is 10.9 Å². The topological polar surface area (TPSA) is 56.0 Å². The first-order chi connectivity index (χ1) is 7.58. The lowest BCUT2D eigenvalue weighted by atomic mass is 10.0. The van der Waals surface area contributed by atoms with Crippen molar-refractivity contribution in [2.24, 2.45) is 11.7 Å². The summed E-state index contributed by atoms with van der Waals surface area (Å²) < 4.78 is 0. The molecule has 0 aromatic carbocycles. The molecular formula is C12H20N2OS. The number of hydrogen-bond acceptors (Lipinski definition) is 3. The summed E-state index contributed by atoms with van der Waals surface area (Å²) in [6, 6.07) is 0. The van der Waals surface area contributed by atoms with Gasteiger partial charge < -0.3 is 5.73 Å². The first-order valence-electron chi connectivity index (χ1n) is 5.86. The Morgan fingerprint density at radius 2 is 2.19 bits per heavy atom. The van der Waals surface area contributed by atoms with E-state index in [0.717, 1.165) is 25.0 Å². The zero-order valence-corrected chi connectivity index (χ0v) is 11.1. The molecule has 2 N–H and O–H groups in total. The van der Waals surface area contributed by atoms with Gasteiger partial charge in [0.25, 0.3) is 5.91 Å². The SMILES string of the molecule is CCc1sc(C(N)=O)nc1CCC(C)CC. The Morgan fingerprint density at radius 3 is 2.69 bits per heavy atom. The second kappa shape index (κ2) is 5.99. The number of hydrogen-bond donors (Lipinski definition) is 1. The molecule has 0 radical (unpaired) electrons. The van der Waals surface area contributed by atoms with Crippen molar-refractivity contribution in [3.63, 3.8) is 0 Å². The van der Waals surface area contributed by atoms with Gasteiger partial charge >= 0.3 is 0 Å². The van der Waals surface area contributed by atoms with Crippen molar-refractivity contribution in [3.8, 4) is 0 Å². The summed E-state index contributed by atoms with van der Waals surface area (Å²) in [5.74, 6) is 0.304. The van der Waals surface area contributed by atoms with Crippen molar-refractivity contribution in [2.45, 2.75) is 46.5 Å². The molecular weight excluding hydrogens is 220 g/mol. The second-order valence-corrected chi connectivity index (χ2v) is 5.24. The van der Waals surface area contributed by atoms with E-state index in [1.54, 1.807) is 0 Å². The Kier molecular flexibility index (Phi) is 4.93. The van der Waals surface area contributed by atoms with Gasteiger partial charge in [-0.2, -0.15) is 0 Å². The fourth-order valence-electron chi connectivity index (χ4n) is 1.55. The first-order valence-corrected chi connectivity index (χ1v) is 6.68. The van der Waals surface area contributed by atoms with Crippen LogP contribution in [0.3, 0.4) is 0 Å². The number of nitrogens with two attached hydrogens (primary N) is 1. The van der Waals surface area contributed by atoms with Crippen molar-refractivity contribution in [2.75, 3.05) is 0 Å². The van der Waals surface area contributed by atoms with Gasteiger partial charge in [0, 0.05) is 4.88 Å². The second-order valence-electron chi connectivity index (χ2n) is 4.16. The highest BCUT2D eigenvalue weighted by molar-refractivity contribution is 7.13. The fraction of sp³-hybridized carbons (Fsp3) is 0.667. The number of aromatic nitrogens is 1. The summed E-state index contributed by atoms with van der Waals surface area (Å²) in [4.78, 5) is 16.6. The number of primary amides is 1. The van der Waals surface area contributed by atoms with Gasteiger partial charge in [-0.25, -0.2) is 4.98 Å². The highest BCUT2D eigenvalue weighted by Gasteiger charge is 2.13. The van der Waals surface area contributed by atoms with E-state index in [9.17, 15) is 4.79 Å². The molecule has 0 saturated carbocycles. The smallest absolute Gasteiger partial charge is 0.277 e. The van der Waals surface area contributed by atoms with Gasteiger partial charge in [-0.05, 0) is 25.2 Å². The van der Waals surface area contributed by atoms with Gasteiger partial charge in [0.2, 0.25) is 0 Å². The molecule has 0 aliphatic carbocycles. The van der Waals surface area contributed by atoms with E-state index >= 15 is 0 Å². The van der Waals surface area contributed by atoms with Crippen LogP contribution in [0, 0.1) is 5.92 Å². The molecule has 1 aromatic heterocycles. The highest BCUT2D eigenvalue weighted by atomic mass is 32.1. The minimum atomic E-state index is -0.408. The van der Waals surface area contributed by atoms with Crippen LogP contribution in [0.5, 0.6) is 0 Å². The van der Waals surface area contributed by atoms with E-state index in [1.807, 2.05) is 0 Å². The minimum Gasteiger partial charge on any atom is -0.364 e. The Balaban J connectivity index is 2.74. The highest BCUT2D eigenvalue weighted by Crippen LogP contribution is 2.22. The molecule has 4 heteroatoms. The maximum Gasteiger partial charge on any atom is 0.277 e. The van der Waals surface area contributed by atoms with E-state index in [1.165, 1.54) is 22.6 Å². The molecule has 0 saturated heterocycles. The first kappa shape index (κ1) is 13.2. The third kappa shape index (κ3) is 3.30. The van der Waals surface area contributed by atoms with Crippen molar-refractivity contribution in [1.82, 2.24) is 4.98 Å². The fourth-order valence-corrected chi connectivity index (χ4v) is 2.45. The van der Waals surface area contributed by atoms with Gasteiger partial charge in [0.15, 0.2) is 5.01 Å². The van der Waals surface area contributed by atoms with Crippen LogP contribution in [0.15, 0.2) is 0 Å². The molecule has 0 aliphatic heterocycles. The van der Waals surface area contributed by atoms with Gasteiger partial charge in [-0.15, -0.1) is 11.3 Å². The molecule has 1 amide bonds. The standard InChI is InChI=1S/C12H20N2OS/c1-4-8(3)6-7-9-10(5-2)16-12(14-9)11(13)15/h8H,4-7H2,1-3H3,(H2,13,15). The summed E-state index contributed by atoms with van der Waals surface area (Å²) in [6.45, 7) is 6.53. The van der Waals surface area contributed by atoms with Gasteiger partial charge in [0.1, 0.15) is 0 Å². The van der Waals surface area contributed by atoms with Crippen molar-refractivity contribution >= 4 is 17.2 Å². The Bertz CT molecular complexity index is 360. The quantitative estimate of drug-likeness (QED) is 0.831. The lowest BCUT2D eigenvalue weighted by Crippen LogP contribution is -2.10. The molecule has 0 spiro atoms. The van der Waals surface area contributed by atoms with E-state index in [2.05, 4.69) is 25.8 Å². The molecule has 1 unspecified atom stereocenters. The largest absolute Gasteiger partial charge is 0.364 e. The Labute approximate surface area is 101 Å². The zero-order chi connectivity index (χ0) is 12.1. The Morgan fingerprint density at radius 1 is 1.50 bits per heavy atom. The van der Waals surface area contributed by atoms with Crippen LogP contribution in [0.4, 0.5) is 0 Å². The number of rotatable bonds is 6. The molecule has 90 valence electrons. The number of carbonyl (C=O) groups excluding carboxylic acids is 1. The minimum absolute atomic E-state index is 0.408. The number of nitrogens with zero attached hydrogens (tertiary/aromatic N) is 1. The summed E-state index contributed by atoms with van der Waals surface area (Å²) in [7, 11) is 0. The molecule has 0 bridgehead atoms. The van der Waals surface area contributed by atoms with Crippen LogP contribution in [0.2, 0.25) is 0 Å². The number of carbonyl (C=O) groups is 1.